The van der Waals surface area contributed by atoms with Gasteiger partial charge in [-0.3, -0.25) is 9.59 Å². The molecule has 0 atom stereocenters. The Morgan fingerprint density at radius 2 is 1.27 bits per heavy atom. The largest absolute Gasteiger partial charge is 0.465 e. The molecule has 0 aromatic heterocycles. The highest BCUT2D eigenvalue weighted by atomic mass is 16.5. The van der Waals surface area contributed by atoms with Gasteiger partial charge in [0.1, 0.15) is 0 Å². The molecule has 4 nitrogen and oxygen atoms in total. The Labute approximate surface area is 186 Å². The first-order valence-corrected chi connectivity index (χ1v) is 13.0. The molecule has 0 spiro atoms. The summed E-state index contributed by atoms with van der Waals surface area (Å²) in [5, 5.41) is 0. The van der Waals surface area contributed by atoms with Crippen molar-refractivity contribution in [1.82, 2.24) is 4.90 Å². The molecule has 1 amide bonds. The molecule has 176 valence electrons. The van der Waals surface area contributed by atoms with Gasteiger partial charge in [0.2, 0.25) is 5.91 Å². The minimum atomic E-state index is -0.0510. The minimum absolute atomic E-state index is 0.0185. The first-order chi connectivity index (χ1) is 14.5. The molecule has 0 N–H and O–H groups in total. The summed E-state index contributed by atoms with van der Waals surface area (Å²) < 4.78 is 5.50. The van der Waals surface area contributed by atoms with Gasteiger partial charge in [-0.05, 0) is 25.2 Å². The third-order valence-electron chi connectivity index (χ3n) is 6.26. The molecular formula is C26H49NO3. The molecule has 0 bridgehead atoms. The van der Waals surface area contributed by atoms with E-state index < -0.39 is 0 Å². The van der Waals surface area contributed by atoms with E-state index >= 15 is 0 Å². The molecule has 0 aliphatic carbocycles. The molecule has 1 aliphatic heterocycles. The van der Waals surface area contributed by atoms with E-state index in [0.29, 0.717) is 32.0 Å². The number of unbranched alkanes of at least 4 members (excludes halogenated alkanes) is 12. The number of ether oxygens (including phenoxy) is 1. The molecule has 30 heavy (non-hydrogen) atoms. The van der Waals surface area contributed by atoms with E-state index in [1.54, 1.807) is 0 Å². The first-order valence-electron chi connectivity index (χ1n) is 13.0. The Kier molecular flexibility index (Phi) is 15.8. The number of rotatable bonds is 17. The van der Waals surface area contributed by atoms with Gasteiger partial charge in [0.15, 0.2) is 0 Å². The predicted molar refractivity (Wildman–Crippen MR) is 125 cm³/mol. The second-order valence-electron chi connectivity index (χ2n) is 9.66. The average molecular weight is 424 g/mol. The first kappa shape index (κ1) is 27.0. The van der Waals surface area contributed by atoms with Gasteiger partial charge in [0, 0.05) is 19.5 Å². The smallest absolute Gasteiger partial charge is 0.309 e. The summed E-state index contributed by atoms with van der Waals surface area (Å²) >= 11 is 0. The topological polar surface area (TPSA) is 46.6 Å². The fraction of sp³-hybridized carbons (Fsp3) is 0.923. The number of carbonyl (C=O) groups is 2. The van der Waals surface area contributed by atoms with Crippen LogP contribution in [0.1, 0.15) is 124 Å². The fourth-order valence-electron chi connectivity index (χ4n) is 4.25. The van der Waals surface area contributed by atoms with E-state index in [9.17, 15) is 9.59 Å². The number of hydrogen-bond acceptors (Lipinski definition) is 3. The Bertz CT molecular complexity index is 442. The summed E-state index contributed by atoms with van der Waals surface area (Å²) in [7, 11) is 0. The molecule has 0 aromatic rings. The maximum absolute atomic E-state index is 12.2. The lowest BCUT2D eigenvalue weighted by molar-refractivity contribution is -0.152. The van der Waals surface area contributed by atoms with Gasteiger partial charge in [-0.25, -0.2) is 0 Å². The summed E-state index contributed by atoms with van der Waals surface area (Å²) in [4.78, 5) is 26.3. The van der Waals surface area contributed by atoms with Crippen LogP contribution in [0.15, 0.2) is 0 Å². The van der Waals surface area contributed by atoms with Crippen LogP contribution in [0.2, 0.25) is 0 Å². The highest BCUT2D eigenvalue weighted by Gasteiger charge is 2.28. The molecule has 0 unspecified atom stereocenters. The van der Waals surface area contributed by atoms with Crippen molar-refractivity contribution in [3.8, 4) is 0 Å². The molecular weight excluding hydrogens is 374 g/mol. The van der Waals surface area contributed by atoms with Gasteiger partial charge in [-0.2, -0.15) is 0 Å². The predicted octanol–water partition coefficient (Wildman–Crippen LogP) is 6.91. The molecule has 4 heteroatoms. The van der Waals surface area contributed by atoms with Crippen LogP contribution in [-0.4, -0.2) is 36.5 Å². The molecule has 1 rings (SSSR count). The third-order valence-corrected chi connectivity index (χ3v) is 6.26. The van der Waals surface area contributed by atoms with Crippen LogP contribution < -0.4 is 0 Å². The van der Waals surface area contributed by atoms with Gasteiger partial charge < -0.3 is 9.64 Å². The number of likely N-dealkylation sites (tertiary alicyclic amines) is 1. The van der Waals surface area contributed by atoms with Crippen LogP contribution >= 0.6 is 0 Å². The molecule has 0 saturated carbocycles. The van der Waals surface area contributed by atoms with E-state index in [-0.39, 0.29) is 17.8 Å². The Morgan fingerprint density at radius 1 is 0.800 bits per heavy atom. The van der Waals surface area contributed by atoms with Crippen LogP contribution in [0.25, 0.3) is 0 Å². The highest BCUT2D eigenvalue weighted by molar-refractivity contribution is 5.77. The van der Waals surface area contributed by atoms with E-state index in [0.717, 1.165) is 25.7 Å². The fourth-order valence-corrected chi connectivity index (χ4v) is 4.25. The normalized spacial score (nSPS) is 15.0. The van der Waals surface area contributed by atoms with Crippen molar-refractivity contribution < 1.29 is 14.3 Å². The maximum Gasteiger partial charge on any atom is 0.309 e. The molecule has 0 aromatic carbocycles. The van der Waals surface area contributed by atoms with E-state index in [4.69, 9.17) is 4.74 Å². The number of hydrogen-bond donors (Lipinski definition) is 0. The van der Waals surface area contributed by atoms with Crippen LogP contribution in [0.3, 0.4) is 0 Å². The van der Waals surface area contributed by atoms with Crippen molar-refractivity contribution in [1.29, 1.82) is 0 Å². The number of piperidine rings is 1. The lowest BCUT2D eigenvalue weighted by atomic mass is 9.96. The Balaban J connectivity index is 1.90. The van der Waals surface area contributed by atoms with Gasteiger partial charge in [0.25, 0.3) is 0 Å². The van der Waals surface area contributed by atoms with Crippen molar-refractivity contribution in [2.24, 2.45) is 11.8 Å². The minimum Gasteiger partial charge on any atom is -0.465 e. The third kappa shape index (κ3) is 13.3. The molecule has 1 saturated heterocycles. The summed E-state index contributed by atoms with van der Waals surface area (Å²) in [5.74, 6) is 0.546. The monoisotopic (exact) mass is 423 g/mol. The Morgan fingerprint density at radius 3 is 1.73 bits per heavy atom. The quantitative estimate of drug-likeness (QED) is 0.189. The Hall–Kier alpha value is -1.06. The summed E-state index contributed by atoms with van der Waals surface area (Å²) in [5.41, 5.74) is 0. The lowest BCUT2D eigenvalue weighted by Crippen LogP contribution is -2.41. The molecule has 1 heterocycles. The summed E-state index contributed by atoms with van der Waals surface area (Å²) in [6.07, 6.45) is 19.3. The molecule has 1 aliphatic rings. The van der Waals surface area contributed by atoms with E-state index in [1.165, 1.54) is 70.6 Å². The maximum atomic E-state index is 12.2. The van der Waals surface area contributed by atoms with Crippen molar-refractivity contribution >= 4 is 11.9 Å². The van der Waals surface area contributed by atoms with Crippen molar-refractivity contribution in [3.63, 3.8) is 0 Å². The second kappa shape index (κ2) is 17.6. The lowest BCUT2D eigenvalue weighted by Gasteiger charge is -2.31. The van der Waals surface area contributed by atoms with Crippen molar-refractivity contribution in [3.05, 3.63) is 0 Å². The summed E-state index contributed by atoms with van der Waals surface area (Å²) in [6.45, 7) is 8.36. The van der Waals surface area contributed by atoms with Crippen LogP contribution in [-0.2, 0) is 14.3 Å². The average Bonchev–Trinajstić information content (AvgIpc) is 2.73. The molecule has 1 fully saturated rings. The van der Waals surface area contributed by atoms with E-state index in [2.05, 4.69) is 20.8 Å². The number of amides is 1. The zero-order valence-electron chi connectivity index (χ0n) is 20.3. The molecule has 0 radical (unpaired) electrons. The summed E-state index contributed by atoms with van der Waals surface area (Å²) in [6, 6.07) is 0. The van der Waals surface area contributed by atoms with Crippen LogP contribution in [0.5, 0.6) is 0 Å². The number of carbonyl (C=O) groups excluding carboxylic acids is 2. The zero-order chi connectivity index (χ0) is 22.0. The highest BCUT2D eigenvalue weighted by Crippen LogP contribution is 2.20. The SMILES string of the molecule is CCCCCCCCCCCCCCCOC(=O)C1CCN(C(=O)CC(C)C)CC1. The zero-order valence-corrected chi connectivity index (χ0v) is 20.3. The second-order valence-corrected chi connectivity index (χ2v) is 9.66. The number of esters is 1. The van der Waals surface area contributed by atoms with Crippen molar-refractivity contribution in [2.75, 3.05) is 19.7 Å². The van der Waals surface area contributed by atoms with Crippen molar-refractivity contribution in [2.45, 2.75) is 124 Å². The van der Waals surface area contributed by atoms with Crippen LogP contribution in [0, 0.1) is 11.8 Å². The van der Waals surface area contributed by atoms with Gasteiger partial charge in [0.05, 0.1) is 12.5 Å². The number of nitrogens with zero attached hydrogens (tertiary/aromatic N) is 1. The standard InChI is InChI=1S/C26H49NO3/c1-4-5-6-7-8-9-10-11-12-13-14-15-16-21-30-26(29)24-17-19-27(20-18-24)25(28)22-23(2)3/h23-24H,4-22H2,1-3H3. The van der Waals surface area contributed by atoms with E-state index in [1.807, 2.05) is 4.90 Å². The van der Waals surface area contributed by atoms with Gasteiger partial charge in [-0.15, -0.1) is 0 Å². The van der Waals surface area contributed by atoms with Crippen LogP contribution in [0.4, 0.5) is 0 Å². The van der Waals surface area contributed by atoms with Gasteiger partial charge in [-0.1, -0.05) is 97.8 Å². The van der Waals surface area contributed by atoms with Gasteiger partial charge >= 0.3 is 5.97 Å².